The number of aromatic nitrogens is 4. The molecule has 1 saturated heterocycles. The van der Waals surface area contributed by atoms with Gasteiger partial charge in [0.2, 0.25) is 17.7 Å². The Hall–Kier alpha value is -4.55. The van der Waals surface area contributed by atoms with E-state index in [1.807, 2.05) is 30.3 Å². The van der Waals surface area contributed by atoms with E-state index in [-0.39, 0.29) is 62.4 Å². The smallest absolute Gasteiger partial charge is 0.276 e. The number of carbonyl (C=O) groups excluding carboxylic acids is 4. The van der Waals surface area contributed by atoms with E-state index in [1.54, 1.807) is 17.8 Å². The zero-order valence-electron chi connectivity index (χ0n) is 21.6. The molecule has 2 bridgehead atoms. The van der Waals surface area contributed by atoms with E-state index in [1.165, 1.54) is 15.9 Å². The maximum absolute atomic E-state index is 13.9. The van der Waals surface area contributed by atoms with Crippen molar-refractivity contribution in [2.75, 3.05) is 19.6 Å². The molecule has 39 heavy (non-hydrogen) atoms. The average molecular weight is 535 g/mol. The van der Waals surface area contributed by atoms with E-state index in [4.69, 9.17) is 4.52 Å². The van der Waals surface area contributed by atoms with Crippen LogP contribution in [0.25, 0.3) is 0 Å². The molecule has 0 spiro atoms. The summed E-state index contributed by atoms with van der Waals surface area (Å²) in [6, 6.07) is 9.06. The van der Waals surface area contributed by atoms with Crippen molar-refractivity contribution in [3.63, 3.8) is 0 Å². The van der Waals surface area contributed by atoms with Crippen molar-refractivity contribution in [3.05, 3.63) is 65.3 Å². The number of aryl methyl sites for hydroxylation is 2. The lowest BCUT2D eigenvalue weighted by molar-refractivity contribution is -0.146. The first-order valence-corrected chi connectivity index (χ1v) is 12.9. The summed E-state index contributed by atoms with van der Waals surface area (Å²) in [6.07, 6.45) is 2.69. The Balaban J connectivity index is 1.43. The van der Waals surface area contributed by atoms with E-state index < -0.39 is 18.0 Å². The third-order valence-electron chi connectivity index (χ3n) is 6.84. The van der Waals surface area contributed by atoms with Crippen molar-refractivity contribution in [1.82, 2.24) is 40.6 Å². The Morgan fingerprint density at radius 3 is 2.72 bits per heavy atom. The highest BCUT2D eigenvalue weighted by atomic mass is 16.5. The predicted octanol–water partition coefficient (Wildman–Crippen LogP) is 0.0652. The Labute approximate surface area is 224 Å². The molecule has 5 rings (SSSR count). The zero-order chi connectivity index (χ0) is 27.4. The fourth-order valence-corrected chi connectivity index (χ4v) is 4.83. The highest BCUT2D eigenvalue weighted by Crippen LogP contribution is 2.18. The van der Waals surface area contributed by atoms with Gasteiger partial charge in [-0.25, -0.2) is 0 Å². The highest BCUT2D eigenvalue weighted by molar-refractivity contribution is 5.95. The molecular formula is C26H30N8O5. The van der Waals surface area contributed by atoms with E-state index in [0.29, 0.717) is 24.4 Å². The van der Waals surface area contributed by atoms with Gasteiger partial charge in [0.15, 0.2) is 5.69 Å². The Bertz CT molecular complexity index is 1350. The minimum atomic E-state index is -0.987. The van der Waals surface area contributed by atoms with Gasteiger partial charge in [-0.05, 0) is 18.9 Å². The second kappa shape index (κ2) is 11.5. The molecule has 0 radical (unpaired) electrons. The minimum absolute atomic E-state index is 0.0407. The molecule has 13 heteroatoms. The number of hydrogen-bond acceptors (Lipinski definition) is 8. The maximum Gasteiger partial charge on any atom is 0.276 e. The van der Waals surface area contributed by atoms with Gasteiger partial charge >= 0.3 is 0 Å². The summed E-state index contributed by atoms with van der Waals surface area (Å²) in [5, 5.41) is 17.7. The summed E-state index contributed by atoms with van der Waals surface area (Å²) >= 11 is 0. The van der Waals surface area contributed by atoms with Crippen LogP contribution in [-0.2, 0) is 33.9 Å². The minimum Gasteiger partial charge on any atom is -0.361 e. The van der Waals surface area contributed by atoms with Crippen LogP contribution in [0.2, 0.25) is 0 Å². The highest BCUT2D eigenvalue weighted by Gasteiger charge is 2.40. The molecule has 4 amide bonds. The van der Waals surface area contributed by atoms with Gasteiger partial charge in [0.25, 0.3) is 5.91 Å². The number of nitrogens with zero attached hydrogens (tertiary/aromatic N) is 6. The monoisotopic (exact) mass is 534 g/mol. The molecular weight excluding hydrogens is 504 g/mol. The molecule has 4 heterocycles. The molecule has 0 unspecified atom stereocenters. The Morgan fingerprint density at radius 2 is 1.95 bits per heavy atom. The first-order chi connectivity index (χ1) is 18.9. The summed E-state index contributed by atoms with van der Waals surface area (Å²) in [5.74, 6) is -0.982. The van der Waals surface area contributed by atoms with E-state index in [2.05, 4.69) is 26.1 Å². The number of fused-ring (bicyclic) bond motifs is 3. The number of carbonyl (C=O) groups is 4. The number of benzene rings is 1. The van der Waals surface area contributed by atoms with Gasteiger partial charge in [-0.2, -0.15) is 0 Å². The van der Waals surface area contributed by atoms with Gasteiger partial charge < -0.3 is 25.0 Å². The molecule has 13 nitrogen and oxygen atoms in total. The number of piperazine rings is 1. The lowest BCUT2D eigenvalue weighted by Crippen LogP contribution is -2.64. The Morgan fingerprint density at radius 1 is 1.13 bits per heavy atom. The standard InChI is InChI=1S/C26H30N8O5/c1-17-12-21(30-39-17)25(37)32-10-11-34-22(16-32)24(36)27-14-19-15-33(31-29-19)9-5-8-23(35)28-20(26(34)38)13-18-6-3-2-4-7-18/h2-4,6-7,12,15,20,22H,5,8-11,13-14,16H2,1H3,(H,27,36)(H,28,35)/t20-,22+/m0/s1. The molecule has 3 aromatic rings. The molecule has 2 atom stereocenters. The van der Waals surface area contributed by atoms with Crippen molar-refractivity contribution < 1.29 is 23.7 Å². The van der Waals surface area contributed by atoms with Gasteiger partial charge in [-0.3, -0.25) is 23.9 Å². The molecule has 0 aliphatic carbocycles. The number of nitrogens with one attached hydrogen (secondary N) is 2. The van der Waals surface area contributed by atoms with Gasteiger partial charge in [0.05, 0.1) is 19.3 Å². The van der Waals surface area contributed by atoms with Crippen molar-refractivity contribution in [3.8, 4) is 0 Å². The molecule has 2 aliphatic rings. The molecule has 204 valence electrons. The van der Waals surface area contributed by atoms with Crippen LogP contribution in [0.5, 0.6) is 0 Å². The van der Waals surface area contributed by atoms with Crippen molar-refractivity contribution in [2.45, 2.75) is 51.4 Å². The fourth-order valence-electron chi connectivity index (χ4n) is 4.83. The van der Waals surface area contributed by atoms with Crippen LogP contribution in [0.4, 0.5) is 0 Å². The Kier molecular flexibility index (Phi) is 7.66. The van der Waals surface area contributed by atoms with Gasteiger partial charge in [0.1, 0.15) is 23.5 Å². The molecule has 2 aliphatic heterocycles. The third kappa shape index (κ3) is 6.13. The van der Waals surface area contributed by atoms with Crippen LogP contribution in [-0.4, -0.2) is 85.3 Å². The fraction of sp³-hybridized carbons (Fsp3) is 0.423. The van der Waals surface area contributed by atoms with E-state index in [9.17, 15) is 19.2 Å². The van der Waals surface area contributed by atoms with E-state index in [0.717, 1.165) is 5.56 Å². The summed E-state index contributed by atoms with van der Waals surface area (Å²) in [6.45, 7) is 2.53. The molecule has 1 fully saturated rings. The lowest BCUT2D eigenvalue weighted by Gasteiger charge is -2.41. The topological polar surface area (TPSA) is 156 Å². The summed E-state index contributed by atoms with van der Waals surface area (Å²) in [5.41, 5.74) is 1.56. The first kappa shape index (κ1) is 26.1. The third-order valence-corrected chi connectivity index (χ3v) is 6.84. The van der Waals surface area contributed by atoms with Gasteiger partial charge in [-0.15, -0.1) is 5.10 Å². The maximum atomic E-state index is 13.9. The summed E-state index contributed by atoms with van der Waals surface area (Å²) < 4.78 is 6.66. The van der Waals surface area contributed by atoms with Gasteiger partial charge in [0, 0.05) is 38.5 Å². The van der Waals surface area contributed by atoms with Gasteiger partial charge in [-0.1, -0.05) is 40.7 Å². The number of amides is 4. The molecule has 1 aromatic carbocycles. The second-order valence-electron chi connectivity index (χ2n) is 9.73. The number of hydrogen-bond donors (Lipinski definition) is 2. The molecule has 0 saturated carbocycles. The largest absolute Gasteiger partial charge is 0.361 e. The van der Waals surface area contributed by atoms with Crippen molar-refractivity contribution in [2.24, 2.45) is 0 Å². The van der Waals surface area contributed by atoms with Crippen molar-refractivity contribution in [1.29, 1.82) is 0 Å². The summed E-state index contributed by atoms with van der Waals surface area (Å²) in [4.78, 5) is 56.3. The first-order valence-electron chi connectivity index (χ1n) is 12.9. The SMILES string of the molecule is Cc1cc(C(=O)N2CCN3C(=O)[C@H](Cc4ccccc4)NC(=O)CCCn4cc(nn4)CNC(=O)[C@H]3C2)no1. The summed E-state index contributed by atoms with van der Waals surface area (Å²) in [7, 11) is 0. The average Bonchev–Trinajstić information content (AvgIpc) is 3.59. The van der Waals surface area contributed by atoms with Crippen LogP contribution in [0.3, 0.4) is 0 Å². The van der Waals surface area contributed by atoms with Crippen LogP contribution in [0.15, 0.2) is 47.1 Å². The second-order valence-corrected chi connectivity index (χ2v) is 9.73. The van der Waals surface area contributed by atoms with Crippen LogP contribution in [0, 0.1) is 6.92 Å². The molecule has 2 aromatic heterocycles. The lowest BCUT2D eigenvalue weighted by atomic mass is 10.0. The number of rotatable bonds is 3. The normalized spacial score (nSPS) is 20.9. The van der Waals surface area contributed by atoms with Crippen molar-refractivity contribution >= 4 is 23.6 Å². The van der Waals surface area contributed by atoms with Crippen LogP contribution < -0.4 is 10.6 Å². The molecule has 2 N–H and O–H groups in total. The quantitative estimate of drug-likeness (QED) is 0.478. The predicted molar refractivity (Wildman–Crippen MR) is 136 cm³/mol. The van der Waals surface area contributed by atoms with Crippen LogP contribution in [0.1, 0.15) is 40.3 Å². The van der Waals surface area contributed by atoms with E-state index >= 15 is 0 Å². The zero-order valence-corrected chi connectivity index (χ0v) is 21.6. The van der Waals surface area contributed by atoms with Crippen LogP contribution >= 0.6 is 0 Å².